The highest BCUT2D eigenvalue weighted by atomic mass is 19.1. The van der Waals surface area contributed by atoms with Gasteiger partial charge in [-0.2, -0.15) is 0 Å². The van der Waals surface area contributed by atoms with Gasteiger partial charge in [-0.3, -0.25) is 0 Å². The largest absolute Gasteiger partial charge is 0.478 e. The number of pyridine rings is 1. The van der Waals surface area contributed by atoms with Crippen LogP contribution in [0.2, 0.25) is 0 Å². The van der Waals surface area contributed by atoms with E-state index in [1.165, 1.54) is 24.4 Å². The number of carboxylic acid groups (broad SMARTS) is 1. The summed E-state index contributed by atoms with van der Waals surface area (Å²) in [7, 11) is 0. The predicted molar refractivity (Wildman–Crippen MR) is 122 cm³/mol. The Bertz CT molecular complexity index is 1290. The monoisotopic (exact) mass is 499 g/mol. The summed E-state index contributed by atoms with van der Waals surface area (Å²) in [6, 6.07) is 4.71. The van der Waals surface area contributed by atoms with Crippen molar-refractivity contribution >= 4 is 11.8 Å². The number of fused-ring (bicyclic) bond motifs is 1. The molecule has 0 amide bonds. The Morgan fingerprint density at radius 3 is 2.42 bits per heavy atom. The third-order valence-corrected chi connectivity index (χ3v) is 7.51. The molecule has 3 fully saturated rings. The fraction of sp³-hybridized carbons (Fsp3) is 0.423. The summed E-state index contributed by atoms with van der Waals surface area (Å²) in [5.41, 5.74) is 0.375. The van der Waals surface area contributed by atoms with Gasteiger partial charge < -0.3 is 19.3 Å². The average Bonchev–Trinajstić information content (AvgIpc) is 3.31. The smallest absolute Gasteiger partial charge is 0.337 e. The summed E-state index contributed by atoms with van der Waals surface area (Å²) < 4.78 is 55.2. The van der Waals surface area contributed by atoms with Crippen LogP contribution >= 0.6 is 0 Å². The van der Waals surface area contributed by atoms with Gasteiger partial charge in [0.05, 0.1) is 23.8 Å². The molecule has 1 aliphatic heterocycles. The fourth-order valence-corrected chi connectivity index (χ4v) is 5.58. The minimum atomic E-state index is -1.22. The van der Waals surface area contributed by atoms with Gasteiger partial charge in [0.25, 0.3) is 0 Å². The maximum Gasteiger partial charge on any atom is 0.337 e. The minimum absolute atomic E-state index is 0.0467. The third-order valence-electron chi connectivity index (χ3n) is 7.51. The van der Waals surface area contributed by atoms with Crippen molar-refractivity contribution in [1.82, 2.24) is 10.1 Å². The number of nitrogens with zero attached hydrogens (tertiary/aromatic N) is 3. The zero-order chi connectivity index (χ0) is 25.0. The van der Waals surface area contributed by atoms with Crippen LogP contribution in [0.1, 0.15) is 53.3 Å². The molecule has 0 radical (unpaired) electrons. The van der Waals surface area contributed by atoms with Crippen LogP contribution in [0, 0.1) is 29.3 Å². The molecule has 1 N–H and O–H groups in total. The standard InChI is InChI=1S/C26H24F3N3O4/c27-19-2-1-3-20(28)22(19)23-18(24(36-31-23)13-4-5-13)12-35-17-6-15-10-32(11-16(15)7-17)25-21(29)8-14(9-30-25)26(33)34/h1-3,8-9,13,15-17H,4-7,10-12H2,(H,33,34)/t15-,16+,17?. The molecular formula is C26H24F3N3O4. The van der Waals surface area contributed by atoms with E-state index < -0.39 is 23.4 Å². The second-order valence-electron chi connectivity index (χ2n) is 9.91. The van der Waals surface area contributed by atoms with E-state index in [1.807, 2.05) is 4.90 Å². The molecule has 3 heterocycles. The number of aromatic carboxylic acids is 1. The van der Waals surface area contributed by atoms with E-state index in [-0.39, 0.29) is 53.1 Å². The molecule has 3 aliphatic rings. The van der Waals surface area contributed by atoms with E-state index >= 15 is 0 Å². The Labute approximate surface area is 204 Å². The van der Waals surface area contributed by atoms with Gasteiger partial charge in [0, 0.05) is 30.8 Å². The summed E-state index contributed by atoms with van der Waals surface area (Å²) in [5, 5.41) is 13.0. The van der Waals surface area contributed by atoms with Gasteiger partial charge in [-0.25, -0.2) is 22.9 Å². The second kappa shape index (κ2) is 8.92. The topological polar surface area (TPSA) is 88.7 Å². The number of carbonyl (C=O) groups is 1. The van der Waals surface area contributed by atoms with E-state index in [9.17, 15) is 18.0 Å². The van der Waals surface area contributed by atoms with Gasteiger partial charge in [0.2, 0.25) is 0 Å². The molecule has 1 aromatic carbocycles. The van der Waals surface area contributed by atoms with Gasteiger partial charge in [-0.1, -0.05) is 11.2 Å². The predicted octanol–water partition coefficient (Wildman–Crippen LogP) is 5.16. The van der Waals surface area contributed by atoms with Crippen LogP contribution in [0.25, 0.3) is 11.3 Å². The number of hydrogen-bond acceptors (Lipinski definition) is 6. The highest BCUT2D eigenvalue weighted by molar-refractivity contribution is 5.87. The number of carboxylic acids is 1. The minimum Gasteiger partial charge on any atom is -0.478 e. The maximum absolute atomic E-state index is 14.5. The Kier molecular flexibility index (Phi) is 5.70. The molecule has 36 heavy (non-hydrogen) atoms. The van der Waals surface area contributed by atoms with Crippen molar-refractivity contribution in [3.63, 3.8) is 0 Å². The maximum atomic E-state index is 14.5. The number of benzene rings is 1. The molecule has 0 bridgehead atoms. The van der Waals surface area contributed by atoms with Crippen molar-refractivity contribution in [1.29, 1.82) is 0 Å². The highest BCUT2D eigenvalue weighted by Crippen LogP contribution is 2.46. The van der Waals surface area contributed by atoms with Crippen molar-refractivity contribution in [2.24, 2.45) is 11.8 Å². The normalized spacial score (nSPS) is 23.3. The van der Waals surface area contributed by atoms with Crippen molar-refractivity contribution in [3.8, 4) is 11.3 Å². The molecule has 1 unspecified atom stereocenters. The zero-order valence-electron chi connectivity index (χ0n) is 19.3. The molecular weight excluding hydrogens is 475 g/mol. The number of halogens is 3. The van der Waals surface area contributed by atoms with E-state index in [0.29, 0.717) is 24.4 Å². The number of aromatic nitrogens is 2. The van der Waals surface area contributed by atoms with Gasteiger partial charge in [0.1, 0.15) is 23.1 Å². The van der Waals surface area contributed by atoms with Crippen LogP contribution in [0.5, 0.6) is 0 Å². The van der Waals surface area contributed by atoms with Crippen molar-refractivity contribution in [3.05, 3.63) is 64.8 Å². The number of rotatable bonds is 7. The molecule has 3 aromatic rings. The molecule has 7 nitrogen and oxygen atoms in total. The van der Waals surface area contributed by atoms with Gasteiger partial charge in [-0.15, -0.1) is 0 Å². The Morgan fingerprint density at radius 1 is 1.11 bits per heavy atom. The zero-order valence-corrected chi connectivity index (χ0v) is 19.3. The first-order chi connectivity index (χ1) is 17.4. The van der Waals surface area contributed by atoms with E-state index in [2.05, 4.69) is 10.1 Å². The quantitative estimate of drug-likeness (QED) is 0.480. The van der Waals surface area contributed by atoms with Crippen LogP contribution in [0.15, 0.2) is 35.0 Å². The molecule has 0 spiro atoms. The van der Waals surface area contributed by atoms with Gasteiger partial charge in [0.15, 0.2) is 11.6 Å². The fourth-order valence-electron chi connectivity index (χ4n) is 5.58. The lowest BCUT2D eigenvalue weighted by Crippen LogP contribution is -2.25. The molecule has 1 saturated heterocycles. The lowest BCUT2D eigenvalue weighted by Gasteiger charge is -2.21. The van der Waals surface area contributed by atoms with Crippen molar-refractivity contribution in [2.75, 3.05) is 18.0 Å². The van der Waals surface area contributed by atoms with E-state index in [1.54, 1.807) is 0 Å². The lowest BCUT2D eigenvalue weighted by atomic mass is 10.0. The summed E-state index contributed by atoms with van der Waals surface area (Å²) in [5.74, 6) is -1.68. The van der Waals surface area contributed by atoms with Crippen molar-refractivity contribution in [2.45, 2.75) is 44.3 Å². The molecule has 2 aliphatic carbocycles. The molecule has 2 aromatic heterocycles. The summed E-state index contributed by atoms with van der Waals surface area (Å²) in [4.78, 5) is 16.9. The Balaban J connectivity index is 1.13. The van der Waals surface area contributed by atoms with Gasteiger partial charge >= 0.3 is 5.97 Å². The van der Waals surface area contributed by atoms with Gasteiger partial charge in [-0.05, 0) is 55.7 Å². The van der Waals surface area contributed by atoms with E-state index in [0.717, 1.165) is 31.7 Å². The summed E-state index contributed by atoms with van der Waals surface area (Å²) in [6.45, 7) is 1.36. The van der Waals surface area contributed by atoms with Crippen LogP contribution in [0.4, 0.5) is 19.0 Å². The first kappa shape index (κ1) is 23.0. The highest BCUT2D eigenvalue weighted by Gasteiger charge is 2.43. The number of anilines is 1. The summed E-state index contributed by atoms with van der Waals surface area (Å²) >= 11 is 0. The summed E-state index contributed by atoms with van der Waals surface area (Å²) in [6.07, 6.45) is 4.56. The molecule has 6 rings (SSSR count). The van der Waals surface area contributed by atoms with Crippen molar-refractivity contribution < 1.29 is 32.3 Å². The van der Waals surface area contributed by atoms with Crippen LogP contribution in [-0.4, -0.2) is 40.4 Å². The molecule has 188 valence electrons. The Morgan fingerprint density at radius 2 is 1.81 bits per heavy atom. The third kappa shape index (κ3) is 4.13. The first-order valence-corrected chi connectivity index (χ1v) is 12.1. The number of hydrogen-bond donors (Lipinski definition) is 1. The Hall–Kier alpha value is -3.40. The average molecular weight is 499 g/mol. The molecule has 3 atom stereocenters. The molecule has 10 heteroatoms. The number of ether oxygens (including phenoxy) is 1. The lowest BCUT2D eigenvalue weighted by molar-refractivity contribution is 0.0402. The van der Waals surface area contributed by atoms with Crippen LogP contribution < -0.4 is 4.90 Å². The molecule has 2 saturated carbocycles. The van der Waals surface area contributed by atoms with E-state index in [4.69, 9.17) is 14.4 Å². The second-order valence-corrected chi connectivity index (χ2v) is 9.91. The SMILES string of the molecule is O=C(O)c1cnc(N2C[C@H]3CC(OCc4c(-c5c(F)cccc5F)noc4C4CC4)C[C@H]3C2)c(F)c1. The van der Waals surface area contributed by atoms with Crippen LogP contribution in [-0.2, 0) is 11.3 Å². The first-order valence-electron chi connectivity index (χ1n) is 12.1. The van der Waals surface area contributed by atoms with Crippen LogP contribution in [0.3, 0.4) is 0 Å².